The number of hydrogen-bond donors (Lipinski definition) is 1. The summed E-state index contributed by atoms with van der Waals surface area (Å²) in [6, 6.07) is 5.13. The number of benzene rings is 1. The monoisotopic (exact) mass is 265 g/mol. The van der Waals surface area contributed by atoms with Crippen LogP contribution in [-0.2, 0) is 0 Å². The number of nitrogens with one attached hydrogen (secondary N) is 1. The molecule has 18 heavy (non-hydrogen) atoms. The van der Waals surface area contributed by atoms with Gasteiger partial charge < -0.3 is 14.8 Å². The van der Waals surface area contributed by atoms with Crippen molar-refractivity contribution in [1.82, 2.24) is 8.75 Å². The van der Waals surface area contributed by atoms with E-state index in [1.54, 1.807) is 25.3 Å². The summed E-state index contributed by atoms with van der Waals surface area (Å²) in [5, 5.41) is 2.70. The maximum atomic E-state index is 11.8. The average Bonchev–Trinajstić information content (AvgIpc) is 2.93. The van der Waals surface area contributed by atoms with Crippen molar-refractivity contribution < 1.29 is 14.3 Å². The zero-order valence-electron chi connectivity index (χ0n) is 9.84. The van der Waals surface area contributed by atoms with Gasteiger partial charge in [0.05, 0.1) is 37.8 Å². The predicted molar refractivity (Wildman–Crippen MR) is 67.4 cm³/mol. The Morgan fingerprint density at radius 2 is 2.17 bits per heavy atom. The van der Waals surface area contributed by atoms with E-state index in [4.69, 9.17) is 9.47 Å². The van der Waals surface area contributed by atoms with Crippen molar-refractivity contribution in [1.29, 1.82) is 0 Å². The number of amides is 1. The van der Waals surface area contributed by atoms with Crippen LogP contribution in [-0.4, -0.2) is 28.9 Å². The summed E-state index contributed by atoms with van der Waals surface area (Å²) in [7, 11) is 3.09. The summed E-state index contributed by atoms with van der Waals surface area (Å²) in [6.07, 6.45) is 1.41. The van der Waals surface area contributed by atoms with Crippen LogP contribution in [0, 0.1) is 0 Å². The molecule has 2 aromatic rings. The summed E-state index contributed by atoms with van der Waals surface area (Å²) in [5.41, 5.74) is 0.828. The molecule has 0 aliphatic rings. The number of hydrogen-bond acceptors (Lipinski definition) is 6. The predicted octanol–water partition coefficient (Wildman–Crippen LogP) is 1.81. The molecule has 1 amide bonds. The van der Waals surface area contributed by atoms with Gasteiger partial charge in [0.2, 0.25) is 0 Å². The second-order valence-corrected chi connectivity index (χ2v) is 3.87. The third-order valence-electron chi connectivity index (χ3n) is 2.25. The minimum absolute atomic E-state index is 0.276. The van der Waals surface area contributed by atoms with Crippen molar-refractivity contribution in [3.63, 3.8) is 0 Å². The Morgan fingerprint density at radius 1 is 1.33 bits per heavy atom. The van der Waals surface area contributed by atoms with Crippen LogP contribution >= 0.6 is 11.7 Å². The Hall–Kier alpha value is -2.15. The summed E-state index contributed by atoms with van der Waals surface area (Å²) in [4.78, 5) is 11.8. The van der Waals surface area contributed by atoms with Gasteiger partial charge in [-0.1, -0.05) is 0 Å². The Morgan fingerprint density at radius 3 is 2.78 bits per heavy atom. The molecule has 0 saturated heterocycles. The normalized spacial score (nSPS) is 9.89. The van der Waals surface area contributed by atoms with Crippen LogP contribution in [0.5, 0.6) is 11.5 Å². The van der Waals surface area contributed by atoms with Gasteiger partial charge in [0.1, 0.15) is 11.5 Å². The molecule has 1 heterocycles. The van der Waals surface area contributed by atoms with Crippen LogP contribution in [0.1, 0.15) is 10.5 Å². The first-order valence-electron chi connectivity index (χ1n) is 5.05. The number of methoxy groups -OCH3 is 2. The molecule has 0 atom stereocenters. The SMILES string of the molecule is COc1ccc(NC(=O)c2cnsn2)c(OC)c1. The molecule has 0 radical (unpaired) electrons. The minimum Gasteiger partial charge on any atom is -0.497 e. The molecular formula is C11H11N3O3S. The van der Waals surface area contributed by atoms with E-state index in [9.17, 15) is 4.79 Å². The summed E-state index contributed by atoms with van der Waals surface area (Å²) in [5.74, 6) is 0.846. The Balaban J connectivity index is 2.21. The lowest BCUT2D eigenvalue weighted by Gasteiger charge is -2.10. The number of anilines is 1. The largest absolute Gasteiger partial charge is 0.497 e. The number of carbonyl (C=O) groups is 1. The van der Waals surface area contributed by atoms with Crippen LogP contribution in [0.15, 0.2) is 24.4 Å². The number of rotatable bonds is 4. The molecule has 6 nitrogen and oxygen atoms in total. The van der Waals surface area contributed by atoms with Gasteiger partial charge in [0.25, 0.3) is 5.91 Å². The van der Waals surface area contributed by atoms with Crippen molar-refractivity contribution in [3.05, 3.63) is 30.1 Å². The summed E-state index contributed by atoms with van der Waals surface area (Å²) >= 11 is 0.982. The van der Waals surface area contributed by atoms with Crippen molar-refractivity contribution in [2.45, 2.75) is 0 Å². The lowest BCUT2D eigenvalue weighted by Crippen LogP contribution is -2.12. The molecule has 0 aliphatic heterocycles. The Kier molecular flexibility index (Phi) is 3.73. The maximum absolute atomic E-state index is 11.8. The van der Waals surface area contributed by atoms with E-state index in [0.29, 0.717) is 17.2 Å². The third kappa shape index (κ3) is 2.57. The minimum atomic E-state index is -0.327. The number of carbonyl (C=O) groups excluding carboxylic acids is 1. The van der Waals surface area contributed by atoms with Crippen molar-refractivity contribution in [2.75, 3.05) is 19.5 Å². The van der Waals surface area contributed by atoms with E-state index in [1.165, 1.54) is 13.3 Å². The Bertz CT molecular complexity index is 542. The van der Waals surface area contributed by atoms with Gasteiger partial charge in [-0.25, -0.2) is 0 Å². The number of ether oxygens (including phenoxy) is 2. The van der Waals surface area contributed by atoms with Gasteiger partial charge in [-0.05, 0) is 12.1 Å². The fraction of sp³-hybridized carbons (Fsp3) is 0.182. The molecule has 0 unspecified atom stereocenters. The zero-order valence-corrected chi connectivity index (χ0v) is 10.7. The quantitative estimate of drug-likeness (QED) is 0.912. The lowest BCUT2D eigenvalue weighted by atomic mass is 10.2. The first-order chi connectivity index (χ1) is 8.74. The van der Waals surface area contributed by atoms with E-state index in [0.717, 1.165) is 11.7 Å². The molecule has 7 heteroatoms. The van der Waals surface area contributed by atoms with Gasteiger partial charge in [-0.15, -0.1) is 0 Å². The van der Waals surface area contributed by atoms with Crippen molar-refractivity contribution >= 4 is 23.3 Å². The standard InChI is InChI=1S/C11H11N3O3S/c1-16-7-3-4-8(10(5-7)17-2)13-11(15)9-6-12-18-14-9/h3-6H,1-2H3,(H,13,15). The number of nitrogens with zero attached hydrogens (tertiary/aromatic N) is 2. The highest BCUT2D eigenvalue weighted by Crippen LogP contribution is 2.29. The summed E-state index contributed by atoms with van der Waals surface area (Å²) in [6.45, 7) is 0. The fourth-order valence-electron chi connectivity index (χ4n) is 1.35. The fourth-order valence-corrected chi connectivity index (χ4v) is 1.76. The highest BCUT2D eigenvalue weighted by atomic mass is 32.1. The second kappa shape index (κ2) is 5.46. The molecule has 1 aromatic carbocycles. The third-order valence-corrected chi connectivity index (χ3v) is 2.73. The molecule has 0 aliphatic carbocycles. The van der Waals surface area contributed by atoms with Crippen LogP contribution < -0.4 is 14.8 Å². The molecule has 1 N–H and O–H groups in total. The van der Waals surface area contributed by atoms with E-state index in [2.05, 4.69) is 14.1 Å². The molecule has 2 rings (SSSR count). The van der Waals surface area contributed by atoms with Crippen molar-refractivity contribution in [2.24, 2.45) is 0 Å². The van der Waals surface area contributed by atoms with Crippen LogP contribution in [0.4, 0.5) is 5.69 Å². The zero-order chi connectivity index (χ0) is 13.0. The molecule has 0 spiro atoms. The molecule has 94 valence electrons. The molecule has 1 aromatic heterocycles. The molecular weight excluding hydrogens is 254 g/mol. The van der Waals surface area contributed by atoms with Crippen LogP contribution in [0.2, 0.25) is 0 Å². The molecule has 0 fully saturated rings. The van der Waals surface area contributed by atoms with Crippen LogP contribution in [0.25, 0.3) is 0 Å². The van der Waals surface area contributed by atoms with E-state index >= 15 is 0 Å². The number of aromatic nitrogens is 2. The van der Waals surface area contributed by atoms with E-state index in [-0.39, 0.29) is 11.6 Å². The first-order valence-corrected chi connectivity index (χ1v) is 5.78. The first kappa shape index (κ1) is 12.3. The average molecular weight is 265 g/mol. The lowest BCUT2D eigenvalue weighted by molar-refractivity contribution is 0.102. The van der Waals surface area contributed by atoms with E-state index < -0.39 is 0 Å². The molecule has 0 saturated carbocycles. The topological polar surface area (TPSA) is 73.3 Å². The maximum Gasteiger partial charge on any atom is 0.277 e. The Labute approximate surface area is 108 Å². The highest BCUT2D eigenvalue weighted by Gasteiger charge is 2.12. The van der Waals surface area contributed by atoms with Gasteiger partial charge in [0, 0.05) is 6.07 Å². The van der Waals surface area contributed by atoms with Crippen molar-refractivity contribution in [3.8, 4) is 11.5 Å². The van der Waals surface area contributed by atoms with Crippen LogP contribution in [0.3, 0.4) is 0 Å². The van der Waals surface area contributed by atoms with Gasteiger partial charge >= 0.3 is 0 Å². The summed E-state index contributed by atoms with van der Waals surface area (Å²) < 4.78 is 17.9. The highest BCUT2D eigenvalue weighted by molar-refractivity contribution is 6.99. The van der Waals surface area contributed by atoms with Gasteiger partial charge in [-0.2, -0.15) is 8.75 Å². The van der Waals surface area contributed by atoms with Gasteiger partial charge in [0.15, 0.2) is 5.69 Å². The second-order valence-electron chi connectivity index (χ2n) is 3.31. The van der Waals surface area contributed by atoms with E-state index in [1.807, 2.05) is 0 Å². The smallest absolute Gasteiger partial charge is 0.277 e. The van der Waals surface area contributed by atoms with Gasteiger partial charge in [-0.3, -0.25) is 4.79 Å². The molecule has 0 bridgehead atoms.